The Morgan fingerprint density at radius 2 is 2.28 bits per heavy atom. The summed E-state index contributed by atoms with van der Waals surface area (Å²) in [5.41, 5.74) is 0.524. The number of rotatable bonds is 5. The Labute approximate surface area is 116 Å². The van der Waals surface area contributed by atoms with Gasteiger partial charge < -0.3 is 9.64 Å². The van der Waals surface area contributed by atoms with Gasteiger partial charge in [-0.3, -0.25) is 4.79 Å². The maximum absolute atomic E-state index is 12.4. The van der Waals surface area contributed by atoms with E-state index in [0.29, 0.717) is 24.4 Å². The van der Waals surface area contributed by atoms with Crippen LogP contribution in [0.25, 0.3) is 0 Å². The van der Waals surface area contributed by atoms with Gasteiger partial charge in [-0.25, -0.2) is 0 Å². The second-order valence-corrected chi connectivity index (χ2v) is 4.69. The largest absolute Gasteiger partial charge is 0.496 e. The van der Waals surface area contributed by atoms with E-state index in [9.17, 15) is 4.79 Å². The number of benzene rings is 1. The summed E-state index contributed by atoms with van der Waals surface area (Å²) < 4.78 is 6.04. The summed E-state index contributed by atoms with van der Waals surface area (Å²) in [7, 11) is 1.55. The van der Waals surface area contributed by atoms with Crippen LogP contribution in [0.4, 0.5) is 0 Å². The summed E-state index contributed by atoms with van der Waals surface area (Å²) in [6, 6.07) is 5.35. The Bertz CT molecular complexity index is 465. The number of hydrogen-bond acceptors (Lipinski definition) is 2. The van der Waals surface area contributed by atoms with Crippen molar-refractivity contribution in [3.05, 3.63) is 28.2 Å². The maximum atomic E-state index is 12.4. The normalized spacial score (nSPS) is 9.67. The zero-order valence-corrected chi connectivity index (χ0v) is 12.2. The minimum Gasteiger partial charge on any atom is -0.496 e. The monoisotopic (exact) mass is 309 g/mol. The van der Waals surface area contributed by atoms with Crippen molar-refractivity contribution in [2.24, 2.45) is 0 Å². The lowest BCUT2D eigenvalue weighted by Crippen LogP contribution is -2.32. The van der Waals surface area contributed by atoms with Crippen LogP contribution in [0.15, 0.2) is 22.7 Å². The second kappa shape index (κ2) is 7.07. The van der Waals surface area contributed by atoms with Gasteiger partial charge in [-0.1, -0.05) is 28.8 Å². The van der Waals surface area contributed by atoms with Gasteiger partial charge in [0.1, 0.15) is 5.75 Å². The highest BCUT2D eigenvalue weighted by Gasteiger charge is 2.18. The highest BCUT2D eigenvalue weighted by atomic mass is 79.9. The van der Waals surface area contributed by atoms with Gasteiger partial charge in [0.15, 0.2) is 0 Å². The molecule has 1 amide bonds. The van der Waals surface area contributed by atoms with E-state index in [0.717, 1.165) is 10.9 Å². The SMILES string of the molecule is C#CCN(CCC)C(=O)c1cc(Br)ccc1OC. The lowest BCUT2D eigenvalue weighted by molar-refractivity contribution is 0.0773. The number of ether oxygens (including phenoxy) is 1. The number of hydrogen-bond donors (Lipinski definition) is 0. The molecular weight excluding hydrogens is 294 g/mol. The smallest absolute Gasteiger partial charge is 0.258 e. The van der Waals surface area contributed by atoms with Gasteiger partial charge in [-0.15, -0.1) is 6.42 Å². The molecule has 0 aliphatic rings. The van der Waals surface area contributed by atoms with E-state index in [1.54, 1.807) is 24.1 Å². The Morgan fingerprint density at radius 3 is 2.83 bits per heavy atom. The molecule has 96 valence electrons. The number of methoxy groups -OCH3 is 1. The fraction of sp³-hybridized carbons (Fsp3) is 0.357. The molecular formula is C14H16BrNO2. The van der Waals surface area contributed by atoms with Crippen LogP contribution in [0.5, 0.6) is 5.75 Å². The molecule has 0 bridgehead atoms. The molecule has 1 rings (SSSR count). The maximum Gasteiger partial charge on any atom is 0.258 e. The third-order valence-electron chi connectivity index (χ3n) is 2.45. The molecule has 0 aliphatic heterocycles. The molecule has 0 aromatic heterocycles. The molecule has 0 atom stereocenters. The fourth-order valence-corrected chi connectivity index (χ4v) is 2.01. The number of amides is 1. The van der Waals surface area contributed by atoms with Crippen LogP contribution >= 0.6 is 15.9 Å². The van der Waals surface area contributed by atoms with Crippen molar-refractivity contribution in [3.8, 4) is 18.1 Å². The number of nitrogens with zero attached hydrogens (tertiary/aromatic N) is 1. The third-order valence-corrected chi connectivity index (χ3v) is 2.95. The summed E-state index contributed by atoms with van der Waals surface area (Å²) in [6.07, 6.45) is 6.16. The molecule has 0 aliphatic carbocycles. The van der Waals surface area contributed by atoms with Crippen LogP contribution in [-0.4, -0.2) is 31.0 Å². The van der Waals surface area contributed by atoms with E-state index in [1.807, 2.05) is 13.0 Å². The van der Waals surface area contributed by atoms with Crippen LogP contribution in [0.3, 0.4) is 0 Å². The number of terminal acetylenes is 1. The van der Waals surface area contributed by atoms with Crippen LogP contribution in [-0.2, 0) is 0 Å². The number of carbonyl (C=O) groups excluding carboxylic acids is 1. The van der Waals surface area contributed by atoms with Crippen LogP contribution in [0.1, 0.15) is 23.7 Å². The van der Waals surface area contributed by atoms with Crippen molar-refractivity contribution in [3.63, 3.8) is 0 Å². The topological polar surface area (TPSA) is 29.5 Å². The molecule has 1 aromatic carbocycles. The predicted molar refractivity (Wildman–Crippen MR) is 75.7 cm³/mol. The first-order valence-electron chi connectivity index (χ1n) is 5.70. The zero-order valence-electron chi connectivity index (χ0n) is 10.6. The molecule has 0 fully saturated rings. The van der Waals surface area contributed by atoms with Crippen LogP contribution < -0.4 is 4.74 Å². The molecule has 0 heterocycles. The van der Waals surface area contributed by atoms with Crippen molar-refractivity contribution in [2.45, 2.75) is 13.3 Å². The van der Waals surface area contributed by atoms with Crippen molar-refractivity contribution >= 4 is 21.8 Å². The number of halogens is 1. The third kappa shape index (κ3) is 3.51. The molecule has 0 radical (unpaired) electrons. The Hall–Kier alpha value is -1.47. The first kappa shape index (κ1) is 14.6. The molecule has 3 nitrogen and oxygen atoms in total. The van der Waals surface area contributed by atoms with E-state index < -0.39 is 0 Å². The van der Waals surface area contributed by atoms with Crippen molar-refractivity contribution in [2.75, 3.05) is 20.2 Å². The summed E-state index contributed by atoms with van der Waals surface area (Å²) in [6.45, 7) is 2.95. The van der Waals surface area contributed by atoms with Gasteiger partial charge in [0.25, 0.3) is 5.91 Å². The minimum absolute atomic E-state index is 0.104. The average molecular weight is 310 g/mol. The summed E-state index contributed by atoms with van der Waals surface area (Å²) in [5.74, 6) is 2.96. The van der Waals surface area contributed by atoms with Crippen molar-refractivity contribution in [1.29, 1.82) is 0 Å². The van der Waals surface area contributed by atoms with Crippen molar-refractivity contribution in [1.82, 2.24) is 4.90 Å². The van der Waals surface area contributed by atoms with Gasteiger partial charge in [0, 0.05) is 11.0 Å². The van der Waals surface area contributed by atoms with Crippen LogP contribution in [0.2, 0.25) is 0 Å². The van der Waals surface area contributed by atoms with Gasteiger partial charge in [-0.2, -0.15) is 0 Å². The van der Waals surface area contributed by atoms with Gasteiger partial charge in [0.2, 0.25) is 0 Å². The average Bonchev–Trinajstić information content (AvgIpc) is 2.37. The van der Waals surface area contributed by atoms with Gasteiger partial charge in [0.05, 0.1) is 19.2 Å². The van der Waals surface area contributed by atoms with E-state index in [-0.39, 0.29) is 5.91 Å². The highest BCUT2D eigenvalue weighted by Crippen LogP contribution is 2.24. The summed E-state index contributed by atoms with van der Waals surface area (Å²) in [5, 5.41) is 0. The zero-order chi connectivity index (χ0) is 13.5. The van der Waals surface area contributed by atoms with E-state index in [2.05, 4.69) is 21.9 Å². The molecule has 0 unspecified atom stereocenters. The minimum atomic E-state index is -0.104. The first-order chi connectivity index (χ1) is 8.63. The van der Waals surface area contributed by atoms with Gasteiger partial charge >= 0.3 is 0 Å². The lowest BCUT2D eigenvalue weighted by atomic mass is 10.1. The van der Waals surface area contributed by atoms with E-state index in [1.165, 1.54) is 0 Å². The number of carbonyl (C=O) groups is 1. The Morgan fingerprint density at radius 1 is 1.56 bits per heavy atom. The highest BCUT2D eigenvalue weighted by molar-refractivity contribution is 9.10. The molecule has 18 heavy (non-hydrogen) atoms. The summed E-state index contributed by atoms with van der Waals surface area (Å²) >= 11 is 3.35. The second-order valence-electron chi connectivity index (χ2n) is 3.78. The molecule has 0 saturated carbocycles. The summed E-state index contributed by atoms with van der Waals surface area (Å²) in [4.78, 5) is 14.0. The molecule has 0 saturated heterocycles. The lowest BCUT2D eigenvalue weighted by Gasteiger charge is -2.20. The quantitative estimate of drug-likeness (QED) is 0.783. The van der Waals surface area contributed by atoms with E-state index >= 15 is 0 Å². The fourth-order valence-electron chi connectivity index (χ4n) is 1.65. The molecule has 0 spiro atoms. The Kier molecular flexibility index (Phi) is 5.73. The molecule has 0 N–H and O–H groups in total. The molecule has 4 heteroatoms. The van der Waals surface area contributed by atoms with E-state index in [4.69, 9.17) is 11.2 Å². The molecule has 1 aromatic rings. The van der Waals surface area contributed by atoms with Crippen LogP contribution in [0, 0.1) is 12.3 Å². The standard InChI is InChI=1S/C14H16BrNO2/c1-4-8-16(9-5-2)14(17)12-10-11(15)6-7-13(12)18-3/h1,6-7,10H,5,8-9H2,2-3H3. The predicted octanol–water partition coefficient (Wildman–Crippen LogP) is 2.94. The first-order valence-corrected chi connectivity index (χ1v) is 6.49. The van der Waals surface area contributed by atoms with Crippen molar-refractivity contribution < 1.29 is 9.53 Å². The Balaban J connectivity index is 3.07. The van der Waals surface area contributed by atoms with Gasteiger partial charge in [-0.05, 0) is 24.6 Å².